The van der Waals surface area contributed by atoms with Crippen LogP contribution in [0.15, 0.2) is 60.7 Å². The topological polar surface area (TPSA) is 100 Å². The van der Waals surface area contributed by atoms with Gasteiger partial charge in [-0.2, -0.15) is 0 Å². The molecule has 1 aliphatic carbocycles. The minimum atomic E-state index is -0.996. The number of carboxylic acid groups (broad SMARTS) is 1. The molecule has 1 aliphatic heterocycles. The lowest BCUT2D eigenvalue weighted by atomic mass is 9.88. The zero-order chi connectivity index (χ0) is 26.5. The lowest BCUT2D eigenvalue weighted by Gasteiger charge is -2.27. The van der Waals surface area contributed by atoms with Crippen LogP contribution in [0.4, 0.5) is 5.69 Å². The van der Waals surface area contributed by atoms with Crippen molar-refractivity contribution in [2.45, 2.75) is 50.3 Å². The van der Waals surface area contributed by atoms with Crippen molar-refractivity contribution in [2.24, 2.45) is 0 Å². The fourth-order valence-electron chi connectivity index (χ4n) is 5.16. The molecular weight excluding hydrogens is 575 g/mol. The van der Waals surface area contributed by atoms with E-state index in [0.29, 0.717) is 36.3 Å². The number of carboxylic acids is 1. The van der Waals surface area contributed by atoms with Crippen molar-refractivity contribution in [1.29, 1.82) is 0 Å². The van der Waals surface area contributed by atoms with Gasteiger partial charge < -0.3 is 30.3 Å². The number of aryl methyl sites for hydroxylation is 1. The number of halogens is 3. The van der Waals surface area contributed by atoms with Crippen LogP contribution in [0.5, 0.6) is 11.5 Å². The first-order valence-corrected chi connectivity index (χ1v) is 13.5. The summed E-state index contributed by atoms with van der Waals surface area (Å²) >= 11 is 6.06. The van der Waals surface area contributed by atoms with E-state index in [9.17, 15) is 15.0 Å². The standard InChI is InChI=1S/C30H33ClN2O5.2ClH/c31-23-3-1-2-20(12-23)29(34)18-32-25-6-4-19-5-7-27(15-21(19)13-25)38-28-16-22(30(35)36)14-26(17-28)33-24-8-10-37-11-9-24;;/h1-3,5,7,12,14-17,24-25,29,32-34H,4,6,8-11,13,18H2,(H,35,36);2*1H/t25-,29+;;/m0../s1. The SMILES string of the molecule is Cl.Cl.O=C(O)c1cc(NC2CCOCC2)cc(Oc2ccc3c(c2)C[C@@H](NC[C@@H](O)c2cccc(Cl)c2)CC3)c1. The number of hydrogen-bond acceptors (Lipinski definition) is 6. The van der Waals surface area contributed by atoms with Gasteiger partial charge in [0.15, 0.2) is 0 Å². The van der Waals surface area contributed by atoms with Crippen LogP contribution < -0.4 is 15.4 Å². The number of nitrogens with one attached hydrogen (secondary N) is 2. The summed E-state index contributed by atoms with van der Waals surface area (Å²) in [5, 5.41) is 27.8. The number of fused-ring (bicyclic) bond motifs is 1. The Labute approximate surface area is 252 Å². The molecule has 0 radical (unpaired) electrons. The van der Waals surface area contributed by atoms with Gasteiger partial charge in [-0.15, -0.1) is 24.8 Å². The largest absolute Gasteiger partial charge is 0.478 e. The summed E-state index contributed by atoms with van der Waals surface area (Å²) in [5.41, 5.74) is 4.18. The molecule has 3 aromatic carbocycles. The van der Waals surface area contributed by atoms with Crippen molar-refractivity contribution in [2.75, 3.05) is 25.1 Å². The molecule has 2 atom stereocenters. The van der Waals surface area contributed by atoms with Crippen LogP contribution >= 0.6 is 36.4 Å². The van der Waals surface area contributed by atoms with Gasteiger partial charge in [0.1, 0.15) is 11.5 Å². The fraction of sp³-hybridized carbons (Fsp3) is 0.367. The van der Waals surface area contributed by atoms with Crippen LogP contribution in [0.2, 0.25) is 5.02 Å². The molecule has 0 unspecified atom stereocenters. The van der Waals surface area contributed by atoms with E-state index in [1.54, 1.807) is 24.3 Å². The van der Waals surface area contributed by atoms with Crippen LogP contribution in [0, 0.1) is 0 Å². The summed E-state index contributed by atoms with van der Waals surface area (Å²) in [6.07, 6.45) is 3.87. The highest BCUT2D eigenvalue weighted by Gasteiger charge is 2.21. The third-order valence-corrected chi connectivity index (χ3v) is 7.46. The molecule has 5 rings (SSSR count). The van der Waals surface area contributed by atoms with Gasteiger partial charge in [-0.05, 0) is 85.2 Å². The van der Waals surface area contributed by atoms with E-state index in [4.69, 9.17) is 21.1 Å². The minimum absolute atomic E-state index is 0. The van der Waals surface area contributed by atoms with E-state index in [2.05, 4.69) is 16.7 Å². The molecule has 1 heterocycles. The number of carbonyl (C=O) groups is 1. The summed E-state index contributed by atoms with van der Waals surface area (Å²) in [5.74, 6) is 0.155. The number of benzene rings is 3. The lowest BCUT2D eigenvalue weighted by molar-refractivity contribution is 0.0696. The smallest absolute Gasteiger partial charge is 0.335 e. The third-order valence-electron chi connectivity index (χ3n) is 7.22. The van der Waals surface area contributed by atoms with E-state index < -0.39 is 12.1 Å². The summed E-state index contributed by atoms with van der Waals surface area (Å²) in [4.78, 5) is 11.8. The van der Waals surface area contributed by atoms with Crippen molar-refractivity contribution in [1.82, 2.24) is 5.32 Å². The number of anilines is 1. The van der Waals surface area contributed by atoms with E-state index in [1.807, 2.05) is 30.3 Å². The highest BCUT2D eigenvalue weighted by Crippen LogP contribution is 2.31. The van der Waals surface area contributed by atoms with Gasteiger partial charge in [-0.3, -0.25) is 0 Å². The minimum Gasteiger partial charge on any atom is -0.478 e. The average molecular weight is 610 g/mol. The molecule has 216 valence electrons. The van der Waals surface area contributed by atoms with Crippen molar-refractivity contribution >= 4 is 48.1 Å². The van der Waals surface area contributed by atoms with Gasteiger partial charge in [-0.1, -0.05) is 29.8 Å². The van der Waals surface area contributed by atoms with E-state index in [0.717, 1.165) is 43.4 Å². The normalized spacial score (nSPS) is 17.5. The Balaban J connectivity index is 0.00000220. The first-order valence-electron chi connectivity index (χ1n) is 13.1. The van der Waals surface area contributed by atoms with Crippen LogP contribution in [0.1, 0.15) is 52.4 Å². The van der Waals surface area contributed by atoms with E-state index in [-0.39, 0.29) is 42.5 Å². The zero-order valence-electron chi connectivity index (χ0n) is 22.0. The lowest BCUT2D eigenvalue weighted by Crippen LogP contribution is -2.37. The van der Waals surface area contributed by atoms with Gasteiger partial charge in [0.25, 0.3) is 0 Å². The molecule has 0 spiro atoms. The van der Waals surface area contributed by atoms with Crippen LogP contribution in [-0.2, 0) is 17.6 Å². The van der Waals surface area contributed by atoms with Crippen molar-refractivity contribution in [3.63, 3.8) is 0 Å². The summed E-state index contributed by atoms with van der Waals surface area (Å²) in [6, 6.07) is 18.9. The molecule has 4 N–H and O–H groups in total. The maximum absolute atomic E-state index is 11.8. The molecule has 3 aromatic rings. The average Bonchev–Trinajstić information content (AvgIpc) is 2.92. The predicted octanol–water partition coefficient (Wildman–Crippen LogP) is 6.45. The molecule has 1 fully saturated rings. The molecule has 7 nitrogen and oxygen atoms in total. The Bertz CT molecular complexity index is 1290. The molecule has 40 heavy (non-hydrogen) atoms. The Morgan fingerprint density at radius 2 is 1.77 bits per heavy atom. The first-order chi connectivity index (χ1) is 18.4. The van der Waals surface area contributed by atoms with Gasteiger partial charge in [0.05, 0.1) is 11.7 Å². The Morgan fingerprint density at radius 1 is 0.975 bits per heavy atom. The highest BCUT2D eigenvalue weighted by atomic mass is 35.5. The van der Waals surface area contributed by atoms with Gasteiger partial charge in [0.2, 0.25) is 0 Å². The zero-order valence-corrected chi connectivity index (χ0v) is 24.4. The van der Waals surface area contributed by atoms with E-state index in [1.165, 1.54) is 11.1 Å². The van der Waals surface area contributed by atoms with Crippen molar-refractivity contribution < 1.29 is 24.5 Å². The van der Waals surface area contributed by atoms with Crippen molar-refractivity contribution in [3.8, 4) is 11.5 Å². The quantitative estimate of drug-likeness (QED) is 0.221. The summed E-state index contributed by atoms with van der Waals surface area (Å²) < 4.78 is 11.6. The second-order valence-electron chi connectivity index (χ2n) is 10.0. The van der Waals surface area contributed by atoms with Crippen LogP contribution in [-0.4, -0.2) is 48.0 Å². The molecule has 0 amide bonds. The number of hydrogen-bond donors (Lipinski definition) is 4. The maximum atomic E-state index is 11.8. The molecule has 0 aromatic heterocycles. The fourth-order valence-corrected chi connectivity index (χ4v) is 5.36. The van der Waals surface area contributed by atoms with Crippen LogP contribution in [0.3, 0.4) is 0 Å². The van der Waals surface area contributed by atoms with Crippen molar-refractivity contribution in [3.05, 3.63) is 87.9 Å². The van der Waals surface area contributed by atoms with Crippen LogP contribution in [0.25, 0.3) is 0 Å². The summed E-state index contributed by atoms with van der Waals surface area (Å²) in [6.45, 7) is 1.84. The predicted molar refractivity (Wildman–Crippen MR) is 162 cm³/mol. The molecule has 0 saturated carbocycles. The maximum Gasteiger partial charge on any atom is 0.335 e. The number of ether oxygens (including phenoxy) is 2. The number of rotatable bonds is 9. The number of aliphatic hydroxyl groups excluding tert-OH is 1. The second kappa shape index (κ2) is 14.9. The monoisotopic (exact) mass is 608 g/mol. The molecule has 0 bridgehead atoms. The summed E-state index contributed by atoms with van der Waals surface area (Å²) in [7, 11) is 0. The Morgan fingerprint density at radius 3 is 2.52 bits per heavy atom. The molecular formula is C30H35Cl3N2O5. The Hall–Kier alpha value is -2.52. The van der Waals surface area contributed by atoms with Gasteiger partial charge in [-0.25, -0.2) is 4.79 Å². The third kappa shape index (κ3) is 8.49. The molecule has 2 aliphatic rings. The van der Waals surface area contributed by atoms with Gasteiger partial charge in [0, 0.05) is 48.6 Å². The highest BCUT2D eigenvalue weighted by molar-refractivity contribution is 6.30. The molecule has 10 heteroatoms. The van der Waals surface area contributed by atoms with Gasteiger partial charge >= 0.3 is 5.97 Å². The number of aliphatic hydroxyl groups is 1. The number of aromatic carboxylic acids is 1. The molecule has 1 saturated heterocycles. The Kier molecular flexibility index (Phi) is 11.9. The first kappa shape index (κ1) is 32.0. The van der Waals surface area contributed by atoms with E-state index >= 15 is 0 Å². The second-order valence-corrected chi connectivity index (χ2v) is 10.5.